The van der Waals surface area contributed by atoms with Crippen molar-refractivity contribution in [3.63, 3.8) is 0 Å². The number of nitrogens with zero attached hydrogens (tertiary/aromatic N) is 3. The van der Waals surface area contributed by atoms with Crippen LogP contribution in [0.2, 0.25) is 0 Å². The fraction of sp³-hybridized carbons (Fsp3) is 0.0769. The molecule has 0 radical (unpaired) electrons. The topological polar surface area (TPSA) is 83.6 Å². The second-order valence-electron chi connectivity index (χ2n) is 4.13. The number of hydrogen-bond acceptors (Lipinski definition) is 4. The number of anilines is 1. The van der Waals surface area contributed by atoms with E-state index in [-0.39, 0.29) is 11.6 Å². The summed E-state index contributed by atoms with van der Waals surface area (Å²) in [6, 6.07) is 7.41. The average molecular weight is 253 g/mol. The Morgan fingerprint density at radius 1 is 1.21 bits per heavy atom. The van der Waals surface area contributed by atoms with E-state index in [0.717, 1.165) is 11.1 Å². The molecule has 2 heterocycles. The Hall–Kier alpha value is -2.76. The molecule has 0 saturated carbocycles. The minimum Gasteiger partial charge on any atom is -0.305 e. The van der Waals surface area contributed by atoms with Gasteiger partial charge in [-0.25, -0.2) is 4.98 Å². The Bertz CT molecular complexity index is 749. The quantitative estimate of drug-likeness (QED) is 0.730. The maximum absolute atomic E-state index is 12.0. The summed E-state index contributed by atoms with van der Waals surface area (Å²) < 4.78 is 0. The highest BCUT2D eigenvalue weighted by molar-refractivity contribution is 6.03. The Morgan fingerprint density at radius 2 is 2.00 bits per heavy atom. The minimum atomic E-state index is -0.314. The van der Waals surface area contributed by atoms with E-state index in [9.17, 15) is 4.79 Å². The van der Waals surface area contributed by atoms with E-state index in [1.807, 2.05) is 31.2 Å². The van der Waals surface area contributed by atoms with Crippen molar-refractivity contribution in [3.8, 4) is 0 Å². The largest absolute Gasteiger partial charge is 0.305 e. The molecule has 0 aliphatic carbocycles. The zero-order valence-electron chi connectivity index (χ0n) is 10.2. The van der Waals surface area contributed by atoms with Crippen LogP contribution in [0.15, 0.2) is 36.7 Å². The van der Waals surface area contributed by atoms with Crippen LogP contribution in [0.4, 0.5) is 5.82 Å². The van der Waals surface area contributed by atoms with Crippen molar-refractivity contribution in [1.29, 1.82) is 0 Å². The lowest BCUT2D eigenvalue weighted by Crippen LogP contribution is -2.15. The number of H-pyrrole nitrogens is 1. The van der Waals surface area contributed by atoms with Crippen LogP contribution in [-0.4, -0.2) is 26.1 Å². The third-order valence-electron chi connectivity index (χ3n) is 2.75. The lowest BCUT2D eigenvalue weighted by molar-refractivity contribution is 0.102. The normalized spacial score (nSPS) is 10.6. The van der Waals surface area contributed by atoms with Crippen molar-refractivity contribution in [3.05, 3.63) is 47.9 Å². The van der Waals surface area contributed by atoms with E-state index in [1.54, 1.807) is 6.20 Å². The number of aromatic nitrogens is 4. The Labute approximate surface area is 108 Å². The van der Waals surface area contributed by atoms with Gasteiger partial charge in [-0.2, -0.15) is 5.10 Å². The van der Waals surface area contributed by atoms with Crippen LogP contribution in [0.25, 0.3) is 11.0 Å². The molecule has 1 aromatic carbocycles. The molecule has 3 aromatic rings. The smallest absolute Gasteiger partial charge is 0.277 e. The minimum absolute atomic E-state index is 0.271. The van der Waals surface area contributed by atoms with Crippen LogP contribution in [0.1, 0.15) is 16.1 Å². The molecule has 0 aliphatic rings. The monoisotopic (exact) mass is 253 g/mol. The second-order valence-corrected chi connectivity index (χ2v) is 4.13. The first-order valence-corrected chi connectivity index (χ1v) is 5.77. The molecule has 0 spiro atoms. The Balaban J connectivity index is 1.91. The van der Waals surface area contributed by atoms with Gasteiger partial charge in [-0.05, 0) is 19.1 Å². The number of rotatable bonds is 2. The van der Waals surface area contributed by atoms with E-state index < -0.39 is 0 Å². The number of benzene rings is 1. The standard InChI is InChI=1S/C13H11N5O/c1-8-6-15-18-12(8)17-13(19)11-7-14-9-4-2-3-5-10(9)16-11/h2-7H,1H3,(H2,15,17,18,19). The predicted octanol–water partition coefficient (Wildman–Crippen LogP) is 1.91. The molecule has 0 atom stereocenters. The summed E-state index contributed by atoms with van der Waals surface area (Å²) in [4.78, 5) is 20.5. The van der Waals surface area contributed by atoms with E-state index in [1.165, 1.54) is 6.20 Å². The van der Waals surface area contributed by atoms with Crippen LogP contribution in [0.3, 0.4) is 0 Å². The fourth-order valence-electron chi connectivity index (χ4n) is 1.72. The van der Waals surface area contributed by atoms with Crippen molar-refractivity contribution in [1.82, 2.24) is 20.2 Å². The highest BCUT2D eigenvalue weighted by Gasteiger charge is 2.11. The van der Waals surface area contributed by atoms with E-state index in [4.69, 9.17) is 0 Å². The molecule has 2 N–H and O–H groups in total. The molecule has 19 heavy (non-hydrogen) atoms. The van der Waals surface area contributed by atoms with Gasteiger partial charge in [-0.15, -0.1) is 0 Å². The van der Waals surface area contributed by atoms with Gasteiger partial charge in [0.25, 0.3) is 5.91 Å². The zero-order valence-corrected chi connectivity index (χ0v) is 10.2. The van der Waals surface area contributed by atoms with Crippen LogP contribution in [-0.2, 0) is 0 Å². The van der Waals surface area contributed by atoms with Gasteiger partial charge in [0.1, 0.15) is 11.5 Å². The Morgan fingerprint density at radius 3 is 2.74 bits per heavy atom. The number of nitrogens with one attached hydrogen (secondary N) is 2. The number of fused-ring (bicyclic) bond motifs is 1. The van der Waals surface area contributed by atoms with Gasteiger partial charge in [0, 0.05) is 5.56 Å². The van der Waals surface area contributed by atoms with Crippen molar-refractivity contribution >= 4 is 22.8 Å². The molecule has 6 nitrogen and oxygen atoms in total. The third kappa shape index (κ3) is 2.15. The number of aromatic amines is 1. The summed E-state index contributed by atoms with van der Waals surface area (Å²) in [5.74, 6) is 0.255. The number of carbonyl (C=O) groups excluding carboxylic acids is 1. The van der Waals surface area contributed by atoms with E-state index in [2.05, 4.69) is 25.5 Å². The molecule has 1 amide bonds. The third-order valence-corrected chi connectivity index (χ3v) is 2.75. The van der Waals surface area contributed by atoms with Gasteiger partial charge in [-0.3, -0.25) is 14.9 Å². The average Bonchev–Trinajstić information content (AvgIpc) is 2.84. The molecule has 94 valence electrons. The second kappa shape index (κ2) is 4.49. The maximum Gasteiger partial charge on any atom is 0.277 e. The first kappa shape index (κ1) is 11.3. The fourth-order valence-corrected chi connectivity index (χ4v) is 1.72. The van der Waals surface area contributed by atoms with Crippen LogP contribution in [0, 0.1) is 6.92 Å². The van der Waals surface area contributed by atoms with Crippen molar-refractivity contribution in [2.24, 2.45) is 0 Å². The van der Waals surface area contributed by atoms with Crippen LogP contribution in [0.5, 0.6) is 0 Å². The highest BCUT2D eigenvalue weighted by atomic mass is 16.2. The molecular formula is C13H11N5O. The summed E-state index contributed by atoms with van der Waals surface area (Å²) >= 11 is 0. The molecule has 2 aromatic heterocycles. The van der Waals surface area contributed by atoms with Gasteiger partial charge in [0.15, 0.2) is 0 Å². The number of amides is 1. The van der Waals surface area contributed by atoms with Gasteiger partial charge in [0.05, 0.1) is 23.4 Å². The number of hydrogen-bond donors (Lipinski definition) is 2. The first-order valence-electron chi connectivity index (χ1n) is 5.77. The van der Waals surface area contributed by atoms with E-state index >= 15 is 0 Å². The summed E-state index contributed by atoms with van der Waals surface area (Å²) in [5.41, 5.74) is 2.59. The predicted molar refractivity (Wildman–Crippen MR) is 70.8 cm³/mol. The van der Waals surface area contributed by atoms with Gasteiger partial charge in [0.2, 0.25) is 0 Å². The number of carbonyl (C=O) groups is 1. The van der Waals surface area contributed by atoms with Gasteiger partial charge >= 0.3 is 0 Å². The lowest BCUT2D eigenvalue weighted by Gasteiger charge is -2.03. The highest BCUT2D eigenvalue weighted by Crippen LogP contribution is 2.12. The zero-order chi connectivity index (χ0) is 13.2. The molecule has 0 unspecified atom stereocenters. The van der Waals surface area contributed by atoms with Crippen molar-refractivity contribution in [2.75, 3.05) is 5.32 Å². The molecule has 3 rings (SSSR count). The van der Waals surface area contributed by atoms with Gasteiger partial charge < -0.3 is 5.32 Å². The molecule has 6 heteroatoms. The lowest BCUT2D eigenvalue weighted by atomic mass is 10.3. The maximum atomic E-state index is 12.0. The van der Waals surface area contributed by atoms with E-state index in [0.29, 0.717) is 11.3 Å². The van der Waals surface area contributed by atoms with Gasteiger partial charge in [-0.1, -0.05) is 12.1 Å². The molecule has 0 saturated heterocycles. The molecule has 0 fully saturated rings. The van der Waals surface area contributed by atoms with Crippen LogP contribution >= 0.6 is 0 Å². The number of aryl methyl sites for hydroxylation is 1. The molecule has 0 bridgehead atoms. The summed E-state index contributed by atoms with van der Waals surface area (Å²) in [7, 11) is 0. The van der Waals surface area contributed by atoms with Crippen LogP contribution < -0.4 is 5.32 Å². The first-order chi connectivity index (χ1) is 9.24. The molecule has 0 aliphatic heterocycles. The summed E-state index contributed by atoms with van der Waals surface area (Å²) in [5, 5.41) is 9.27. The molecular weight excluding hydrogens is 242 g/mol. The summed E-state index contributed by atoms with van der Waals surface area (Å²) in [6.45, 7) is 1.85. The number of para-hydroxylation sites is 2. The van der Waals surface area contributed by atoms with Crippen molar-refractivity contribution < 1.29 is 4.79 Å². The van der Waals surface area contributed by atoms with Crippen molar-refractivity contribution in [2.45, 2.75) is 6.92 Å². The Kier molecular flexibility index (Phi) is 2.68. The SMILES string of the molecule is Cc1cn[nH]c1NC(=O)c1cnc2ccccc2n1. The summed E-state index contributed by atoms with van der Waals surface area (Å²) in [6.07, 6.45) is 3.10.